The SMILES string of the molecule is Cc1ccsc1C(=O)Nc1ncc(C2CCNCC2)s1. The molecular weight excluding hydrogens is 290 g/mol. The predicted molar refractivity (Wildman–Crippen MR) is 84.0 cm³/mol. The number of piperidine rings is 1. The van der Waals surface area contributed by atoms with E-state index >= 15 is 0 Å². The van der Waals surface area contributed by atoms with E-state index in [1.54, 1.807) is 11.3 Å². The van der Waals surface area contributed by atoms with Crippen LogP contribution in [0.2, 0.25) is 0 Å². The van der Waals surface area contributed by atoms with E-state index in [0.29, 0.717) is 11.0 Å². The molecule has 1 saturated heterocycles. The summed E-state index contributed by atoms with van der Waals surface area (Å²) in [6.07, 6.45) is 4.22. The minimum absolute atomic E-state index is 0.0521. The molecule has 2 N–H and O–H groups in total. The molecule has 0 aromatic carbocycles. The van der Waals surface area contributed by atoms with Crippen LogP contribution < -0.4 is 10.6 Å². The molecule has 4 nitrogen and oxygen atoms in total. The van der Waals surface area contributed by atoms with E-state index in [-0.39, 0.29) is 5.91 Å². The number of carbonyl (C=O) groups excluding carboxylic acids is 1. The third kappa shape index (κ3) is 2.92. The molecule has 0 unspecified atom stereocenters. The zero-order valence-electron chi connectivity index (χ0n) is 11.3. The van der Waals surface area contributed by atoms with Crippen molar-refractivity contribution in [2.45, 2.75) is 25.7 Å². The number of thiazole rings is 1. The van der Waals surface area contributed by atoms with E-state index in [4.69, 9.17) is 0 Å². The van der Waals surface area contributed by atoms with Gasteiger partial charge in [-0.15, -0.1) is 22.7 Å². The maximum Gasteiger partial charge on any atom is 0.267 e. The average molecular weight is 307 g/mol. The Hall–Kier alpha value is -1.24. The molecule has 2 aromatic heterocycles. The summed E-state index contributed by atoms with van der Waals surface area (Å²) in [6.45, 7) is 4.09. The van der Waals surface area contributed by atoms with Crippen LogP contribution in [0.5, 0.6) is 0 Å². The number of anilines is 1. The van der Waals surface area contributed by atoms with Gasteiger partial charge in [-0.2, -0.15) is 0 Å². The topological polar surface area (TPSA) is 54.0 Å². The Kier molecular flexibility index (Phi) is 4.14. The molecule has 3 rings (SSSR count). The first kappa shape index (κ1) is 13.7. The van der Waals surface area contributed by atoms with Crippen LogP contribution >= 0.6 is 22.7 Å². The molecule has 1 amide bonds. The Morgan fingerprint density at radius 1 is 1.45 bits per heavy atom. The molecule has 0 bridgehead atoms. The fraction of sp³-hybridized carbons (Fsp3) is 0.429. The fourth-order valence-corrected chi connectivity index (χ4v) is 4.20. The Balaban J connectivity index is 1.68. The van der Waals surface area contributed by atoms with Gasteiger partial charge in [0.1, 0.15) is 0 Å². The number of amides is 1. The van der Waals surface area contributed by atoms with Crippen molar-refractivity contribution in [2.75, 3.05) is 18.4 Å². The number of aromatic nitrogens is 1. The van der Waals surface area contributed by atoms with Crippen LogP contribution in [0, 0.1) is 6.92 Å². The minimum atomic E-state index is -0.0521. The van der Waals surface area contributed by atoms with Crippen LogP contribution in [0.3, 0.4) is 0 Å². The molecule has 0 aliphatic carbocycles. The number of hydrogen-bond donors (Lipinski definition) is 2. The van der Waals surface area contributed by atoms with Crippen LogP contribution in [0.1, 0.15) is 38.9 Å². The van der Waals surface area contributed by atoms with Crippen LogP contribution in [-0.2, 0) is 0 Å². The summed E-state index contributed by atoms with van der Waals surface area (Å²) in [5, 5.41) is 8.91. The van der Waals surface area contributed by atoms with Crippen molar-refractivity contribution in [3.8, 4) is 0 Å². The molecule has 6 heteroatoms. The number of nitrogens with one attached hydrogen (secondary N) is 2. The molecule has 3 heterocycles. The van der Waals surface area contributed by atoms with Crippen LogP contribution in [0.15, 0.2) is 17.6 Å². The third-order valence-electron chi connectivity index (χ3n) is 3.55. The first-order valence-electron chi connectivity index (χ1n) is 6.76. The largest absolute Gasteiger partial charge is 0.317 e. The lowest BCUT2D eigenvalue weighted by Crippen LogP contribution is -2.26. The highest BCUT2D eigenvalue weighted by atomic mass is 32.1. The van der Waals surface area contributed by atoms with Gasteiger partial charge in [0.2, 0.25) is 0 Å². The predicted octanol–water partition coefficient (Wildman–Crippen LogP) is 3.23. The van der Waals surface area contributed by atoms with Gasteiger partial charge in [0.25, 0.3) is 5.91 Å². The highest BCUT2D eigenvalue weighted by Gasteiger charge is 2.19. The van der Waals surface area contributed by atoms with Gasteiger partial charge in [-0.1, -0.05) is 0 Å². The highest BCUT2D eigenvalue weighted by molar-refractivity contribution is 7.16. The molecule has 1 fully saturated rings. The van der Waals surface area contributed by atoms with Crippen LogP contribution in [0.4, 0.5) is 5.13 Å². The Morgan fingerprint density at radius 2 is 2.25 bits per heavy atom. The molecule has 2 aromatic rings. The van der Waals surface area contributed by atoms with Crippen molar-refractivity contribution in [3.05, 3.63) is 33.0 Å². The third-order valence-corrected chi connectivity index (χ3v) is 5.64. The van der Waals surface area contributed by atoms with Gasteiger partial charge in [-0.25, -0.2) is 4.98 Å². The Labute approximate surface area is 126 Å². The standard InChI is InChI=1S/C14H17N3OS2/c1-9-4-7-19-12(9)13(18)17-14-16-8-11(20-14)10-2-5-15-6-3-10/h4,7-8,10,15H,2-3,5-6H2,1H3,(H,16,17,18). The number of thiophene rings is 1. The van der Waals surface area contributed by atoms with Crippen LogP contribution in [0.25, 0.3) is 0 Å². The van der Waals surface area contributed by atoms with Gasteiger partial charge in [-0.05, 0) is 55.8 Å². The van der Waals surface area contributed by atoms with Crippen LogP contribution in [-0.4, -0.2) is 24.0 Å². The Morgan fingerprint density at radius 3 is 2.95 bits per heavy atom. The van der Waals surface area contributed by atoms with Crippen molar-refractivity contribution in [1.29, 1.82) is 0 Å². The fourth-order valence-electron chi connectivity index (χ4n) is 2.40. The van der Waals surface area contributed by atoms with Crippen molar-refractivity contribution in [3.63, 3.8) is 0 Å². The summed E-state index contributed by atoms with van der Waals surface area (Å²) in [5.41, 5.74) is 1.02. The van der Waals surface area contributed by atoms with E-state index < -0.39 is 0 Å². The number of nitrogens with zero attached hydrogens (tertiary/aromatic N) is 1. The summed E-state index contributed by atoms with van der Waals surface area (Å²) in [4.78, 5) is 18.5. The van der Waals surface area contributed by atoms with Gasteiger partial charge < -0.3 is 5.32 Å². The zero-order chi connectivity index (χ0) is 13.9. The lowest BCUT2D eigenvalue weighted by atomic mass is 9.97. The molecular formula is C14H17N3OS2. The van der Waals surface area contributed by atoms with E-state index in [2.05, 4.69) is 15.6 Å². The van der Waals surface area contributed by atoms with E-state index in [1.165, 1.54) is 16.2 Å². The van der Waals surface area contributed by atoms with Crippen molar-refractivity contribution < 1.29 is 4.79 Å². The lowest BCUT2D eigenvalue weighted by Gasteiger charge is -2.20. The second-order valence-electron chi connectivity index (χ2n) is 4.98. The molecule has 0 atom stereocenters. The zero-order valence-corrected chi connectivity index (χ0v) is 12.9. The van der Waals surface area contributed by atoms with E-state index in [9.17, 15) is 4.79 Å². The molecule has 0 saturated carbocycles. The first-order chi connectivity index (χ1) is 9.74. The number of carbonyl (C=O) groups is 1. The summed E-state index contributed by atoms with van der Waals surface area (Å²) < 4.78 is 0. The second-order valence-corrected chi connectivity index (χ2v) is 6.96. The maximum absolute atomic E-state index is 12.1. The summed E-state index contributed by atoms with van der Waals surface area (Å²) >= 11 is 3.07. The van der Waals surface area contributed by atoms with Gasteiger partial charge in [0.05, 0.1) is 4.88 Å². The van der Waals surface area contributed by atoms with Crippen molar-refractivity contribution >= 4 is 33.7 Å². The van der Waals surface area contributed by atoms with Gasteiger partial charge in [0, 0.05) is 11.1 Å². The normalized spacial score (nSPS) is 16.2. The second kappa shape index (κ2) is 6.03. The molecule has 1 aliphatic heterocycles. The smallest absolute Gasteiger partial charge is 0.267 e. The highest BCUT2D eigenvalue weighted by Crippen LogP contribution is 2.32. The number of aryl methyl sites for hydroxylation is 1. The molecule has 106 valence electrons. The van der Waals surface area contributed by atoms with Gasteiger partial charge in [0.15, 0.2) is 5.13 Å². The van der Waals surface area contributed by atoms with Crippen molar-refractivity contribution in [1.82, 2.24) is 10.3 Å². The Bertz CT molecular complexity index is 599. The summed E-state index contributed by atoms with van der Waals surface area (Å²) in [5.74, 6) is 0.534. The monoisotopic (exact) mass is 307 g/mol. The molecule has 0 spiro atoms. The quantitative estimate of drug-likeness (QED) is 0.915. The minimum Gasteiger partial charge on any atom is -0.317 e. The van der Waals surface area contributed by atoms with E-state index in [1.807, 2.05) is 24.6 Å². The molecule has 20 heavy (non-hydrogen) atoms. The number of hydrogen-bond acceptors (Lipinski definition) is 5. The lowest BCUT2D eigenvalue weighted by molar-refractivity contribution is 0.103. The molecule has 0 radical (unpaired) electrons. The van der Waals surface area contributed by atoms with Gasteiger partial charge in [-0.3, -0.25) is 10.1 Å². The molecule has 1 aliphatic rings. The van der Waals surface area contributed by atoms with E-state index in [0.717, 1.165) is 36.4 Å². The average Bonchev–Trinajstić information content (AvgIpc) is 3.09. The summed E-state index contributed by atoms with van der Waals surface area (Å²) in [7, 11) is 0. The summed E-state index contributed by atoms with van der Waals surface area (Å²) in [6, 6.07) is 1.96. The van der Waals surface area contributed by atoms with Gasteiger partial charge >= 0.3 is 0 Å². The maximum atomic E-state index is 12.1. The first-order valence-corrected chi connectivity index (χ1v) is 8.45. The van der Waals surface area contributed by atoms with Crippen molar-refractivity contribution in [2.24, 2.45) is 0 Å². The number of rotatable bonds is 3.